The first-order valence-electron chi connectivity index (χ1n) is 6.14. The third-order valence-corrected chi connectivity index (χ3v) is 2.78. The van der Waals surface area contributed by atoms with Gasteiger partial charge in [0, 0.05) is 18.3 Å². The van der Waals surface area contributed by atoms with Gasteiger partial charge in [0.2, 0.25) is 5.88 Å². The Labute approximate surface area is 112 Å². The molecule has 0 spiro atoms. The lowest BCUT2D eigenvalue weighted by atomic mass is 10.2. The van der Waals surface area contributed by atoms with Crippen LogP contribution in [0, 0.1) is 0 Å². The number of methoxy groups -OCH3 is 1. The van der Waals surface area contributed by atoms with Gasteiger partial charge in [-0.05, 0) is 25.1 Å². The van der Waals surface area contributed by atoms with Gasteiger partial charge in [-0.3, -0.25) is 4.79 Å². The molecular formula is C15H16N2O2. The minimum atomic E-state index is -0.132. The number of amides is 1. The Morgan fingerprint density at radius 2 is 1.89 bits per heavy atom. The number of hydrogen-bond acceptors (Lipinski definition) is 3. The number of ether oxygens (including phenoxy) is 1. The van der Waals surface area contributed by atoms with Crippen molar-refractivity contribution in [1.82, 2.24) is 4.98 Å². The van der Waals surface area contributed by atoms with Gasteiger partial charge in [-0.25, -0.2) is 4.98 Å². The molecule has 0 N–H and O–H groups in total. The Kier molecular flexibility index (Phi) is 4.13. The van der Waals surface area contributed by atoms with Crippen LogP contribution >= 0.6 is 0 Å². The summed E-state index contributed by atoms with van der Waals surface area (Å²) in [5.41, 5.74) is 1.24. The fraction of sp³-hybridized carbons (Fsp3) is 0.200. The summed E-state index contributed by atoms with van der Waals surface area (Å²) in [6.07, 6.45) is 0. The van der Waals surface area contributed by atoms with Crippen LogP contribution in [0.5, 0.6) is 5.88 Å². The van der Waals surface area contributed by atoms with E-state index < -0.39 is 0 Å². The molecule has 1 aromatic carbocycles. The molecule has 0 aliphatic carbocycles. The first-order chi connectivity index (χ1) is 9.26. The lowest BCUT2D eigenvalue weighted by Crippen LogP contribution is -2.31. The third kappa shape index (κ3) is 2.91. The molecule has 0 aliphatic heterocycles. The van der Waals surface area contributed by atoms with Crippen LogP contribution in [0.1, 0.15) is 17.4 Å². The smallest absolute Gasteiger partial charge is 0.276 e. The monoisotopic (exact) mass is 256 g/mol. The van der Waals surface area contributed by atoms with Crippen molar-refractivity contribution in [2.75, 3.05) is 18.6 Å². The number of benzene rings is 1. The number of nitrogens with zero attached hydrogens (tertiary/aromatic N) is 2. The van der Waals surface area contributed by atoms with E-state index in [1.165, 1.54) is 7.11 Å². The molecule has 2 rings (SSSR count). The molecule has 0 saturated carbocycles. The maximum absolute atomic E-state index is 12.5. The molecule has 0 saturated heterocycles. The van der Waals surface area contributed by atoms with Crippen molar-refractivity contribution in [1.29, 1.82) is 0 Å². The molecule has 2 aromatic rings. The third-order valence-electron chi connectivity index (χ3n) is 2.78. The van der Waals surface area contributed by atoms with Crippen LogP contribution < -0.4 is 9.64 Å². The van der Waals surface area contributed by atoms with Crippen molar-refractivity contribution in [2.45, 2.75) is 6.92 Å². The first kappa shape index (κ1) is 13.1. The summed E-state index contributed by atoms with van der Waals surface area (Å²) in [6, 6.07) is 14.7. The Hall–Kier alpha value is -2.36. The Balaban J connectivity index is 2.30. The predicted octanol–water partition coefficient (Wildman–Crippen LogP) is 2.76. The van der Waals surface area contributed by atoms with Crippen molar-refractivity contribution >= 4 is 11.6 Å². The van der Waals surface area contributed by atoms with Gasteiger partial charge in [0.05, 0.1) is 7.11 Å². The molecule has 4 heteroatoms. The Morgan fingerprint density at radius 3 is 2.53 bits per heavy atom. The Bertz CT molecular complexity index is 555. The molecule has 0 bridgehead atoms. The van der Waals surface area contributed by atoms with Crippen LogP contribution in [0.3, 0.4) is 0 Å². The van der Waals surface area contributed by atoms with Gasteiger partial charge in [0.1, 0.15) is 5.69 Å². The van der Waals surface area contributed by atoms with Crippen LogP contribution in [0.2, 0.25) is 0 Å². The van der Waals surface area contributed by atoms with E-state index in [-0.39, 0.29) is 5.91 Å². The fourth-order valence-electron chi connectivity index (χ4n) is 1.84. The predicted molar refractivity (Wildman–Crippen MR) is 74.6 cm³/mol. The van der Waals surface area contributed by atoms with Crippen LogP contribution in [0.15, 0.2) is 48.5 Å². The second-order valence-electron chi connectivity index (χ2n) is 3.95. The molecule has 1 amide bonds. The zero-order valence-electron chi connectivity index (χ0n) is 11.0. The lowest BCUT2D eigenvalue weighted by molar-refractivity contribution is 0.0982. The molecule has 0 radical (unpaired) electrons. The molecular weight excluding hydrogens is 240 g/mol. The lowest BCUT2D eigenvalue weighted by Gasteiger charge is -2.20. The summed E-state index contributed by atoms with van der Waals surface area (Å²) < 4.78 is 5.04. The van der Waals surface area contributed by atoms with Crippen molar-refractivity contribution in [3.63, 3.8) is 0 Å². The van der Waals surface area contributed by atoms with Crippen LogP contribution in [0.25, 0.3) is 0 Å². The van der Waals surface area contributed by atoms with E-state index in [1.54, 1.807) is 23.1 Å². The highest BCUT2D eigenvalue weighted by Gasteiger charge is 2.17. The number of pyridine rings is 1. The van der Waals surface area contributed by atoms with Gasteiger partial charge in [0.15, 0.2) is 0 Å². The van der Waals surface area contributed by atoms with E-state index in [0.717, 1.165) is 5.69 Å². The number of para-hydroxylation sites is 1. The number of aromatic nitrogens is 1. The maximum Gasteiger partial charge on any atom is 0.276 e. The minimum Gasteiger partial charge on any atom is -0.481 e. The topological polar surface area (TPSA) is 42.4 Å². The fourth-order valence-corrected chi connectivity index (χ4v) is 1.84. The highest BCUT2D eigenvalue weighted by atomic mass is 16.5. The number of rotatable bonds is 4. The van der Waals surface area contributed by atoms with E-state index in [9.17, 15) is 4.79 Å². The molecule has 1 heterocycles. The normalized spacial score (nSPS) is 10.0. The van der Waals surface area contributed by atoms with E-state index in [1.807, 2.05) is 37.3 Å². The number of carbonyl (C=O) groups is 1. The average molecular weight is 256 g/mol. The van der Waals surface area contributed by atoms with Crippen LogP contribution in [-0.4, -0.2) is 24.5 Å². The van der Waals surface area contributed by atoms with E-state index >= 15 is 0 Å². The van der Waals surface area contributed by atoms with Gasteiger partial charge < -0.3 is 9.64 Å². The standard InChI is InChI=1S/C15H16N2O2/c1-3-17(12-8-5-4-6-9-12)15(18)13-10-7-11-14(16-13)19-2/h4-11H,3H2,1-2H3. The van der Waals surface area contributed by atoms with Gasteiger partial charge in [-0.1, -0.05) is 24.3 Å². The van der Waals surface area contributed by atoms with E-state index in [4.69, 9.17) is 4.74 Å². The van der Waals surface area contributed by atoms with Crippen molar-refractivity contribution < 1.29 is 9.53 Å². The number of carbonyl (C=O) groups excluding carboxylic acids is 1. The second kappa shape index (κ2) is 6.00. The van der Waals surface area contributed by atoms with Crippen molar-refractivity contribution in [3.05, 3.63) is 54.2 Å². The molecule has 0 fully saturated rings. The summed E-state index contributed by atoms with van der Waals surface area (Å²) in [6.45, 7) is 2.52. The minimum absolute atomic E-state index is 0.132. The van der Waals surface area contributed by atoms with Gasteiger partial charge in [-0.2, -0.15) is 0 Å². The first-order valence-corrected chi connectivity index (χ1v) is 6.14. The van der Waals surface area contributed by atoms with Gasteiger partial charge >= 0.3 is 0 Å². The zero-order chi connectivity index (χ0) is 13.7. The molecule has 98 valence electrons. The molecule has 0 aliphatic rings. The molecule has 19 heavy (non-hydrogen) atoms. The zero-order valence-corrected chi connectivity index (χ0v) is 11.0. The molecule has 0 atom stereocenters. The Morgan fingerprint density at radius 1 is 1.16 bits per heavy atom. The van der Waals surface area contributed by atoms with Gasteiger partial charge in [-0.15, -0.1) is 0 Å². The summed E-state index contributed by atoms with van der Waals surface area (Å²) in [4.78, 5) is 18.3. The van der Waals surface area contributed by atoms with Crippen LogP contribution in [0.4, 0.5) is 5.69 Å². The summed E-state index contributed by atoms with van der Waals surface area (Å²) in [5.74, 6) is 0.308. The SMILES string of the molecule is CCN(C(=O)c1cccc(OC)n1)c1ccccc1. The van der Waals surface area contributed by atoms with Crippen molar-refractivity contribution in [2.24, 2.45) is 0 Å². The average Bonchev–Trinajstić information content (AvgIpc) is 2.49. The second-order valence-corrected chi connectivity index (χ2v) is 3.95. The quantitative estimate of drug-likeness (QED) is 0.844. The van der Waals surface area contributed by atoms with Crippen LogP contribution in [-0.2, 0) is 0 Å². The maximum atomic E-state index is 12.5. The molecule has 1 aromatic heterocycles. The molecule has 4 nitrogen and oxygen atoms in total. The van der Waals surface area contributed by atoms with Crippen molar-refractivity contribution in [3.8, 4) is 5.88 Å². The summed E-state index contributed by atoms with van der Waals surface area (Å²) in [7, 11) is 1.53. The highest BCUT2D eigenvalue weighted by Crippen LogP contribution is 2.16. The number of hydrogen-bond donors (Lipinski definition) is 0. The van der Waals surface area contributed by atoms with E-state index in [2.05, 4.69) is 4.98 Å². The highest BCUT2D eigenvalue weighted by molar-refractivity contribution is 6.04. The largest absolute Gasteiger partial charge is 0.481 e. The van der Waals surface area contributed by atoms with E-state index in [0.29, 0.717) is 18.1 Å². The molecule has 0 unspecified atom stereocenters. The summed E-state index contributed by atoms with van der Waals surface area (Å²) >= 11 is 0. The number of anilines is 1. The summed E-state index contributed by atoms with van der Waals surface area (Å²) in [5, 5.41) is 0. The van der Waals surface area contributed by atoms with Gasteiger partial charge in [0.25, 0.3) is 5.91 Å².